The third-order valence-corrected chi connectivity index (χ3v) is 5.97. The number of amides is 1. The summed E-state index contributed by atoms with van der Waals surface area (Å²) >= 11 is 0. The van der Waals surface area contributed by atoms with Gasteiger partial charge in [0.1, 0.15) is 11.5 Å². The molecule has 0 saturated carbocycles. The number of benzene rings is 3. The highest BCUT2D eigenvalue weighted by atomic mass is 16.5. The monoisotopic (exact) mass is 528 g/mol. The van der Waals surface area contributed by atoms with Crippen molar-refractivity contribution in [3.8, 4) is 11.5 Å². The molecule has 1 fully saturated rings. The Morgan fingerprint density at radius 2 is 1.72 bits per heavy atom. The molecule has 8 heteroatoms. The summed E-state index contributed by atoms with van der Waals surface area (Å²) in [6.07, 6.45) is 3.14. The molecule has 39 heavy (non-hydrogen) atoms. The molecule has 3 aromatic rings. The van der Waals surface area contributed by atoms with Crippen LogP contribution in [0.2, 0.25) is 0 Å². The molecule has 0 atom stereocenters. The predicted octanol–water partition coefficient (Wildman–Crippen LogP) is 5.79. The quantitative estimate of drug-likeness (QED) is 0.231. The zero-order chi connectivity index (χ0) is 27.6. The van der Waals surface area contributed by atoms with E-state index in [0.29, 0.717) is 30.8 Å². The molecule has 0 N–H and O–H groups in total. The molecule has 0 unspecified atom stereocenters. The molecule has 8 nitrogen and oxygen atoms in total. The lowest BCUT2D eigenvalue weighted by molar-refractivity contribution is -0.122. The number of hydrogen-bond acceptors (Lipinski definition) is 7. The van der Waals surface area contributed by atoms with E-state index in [2.05, 4.69) is 4.99 Å². The Morgan fingerprint density at radius 1 is 0.974 bits per heavy atom. The van der Waals surface area contributed by atoms with Gasteiger partial charge in [-0.05, 0) is 86.4 Å². The van der Waals surface area contributed by atoms with Crippen LogP contribution in [0.1, 0.15) is 41.8 Å². The van der Waals surface area contributed by atoms with Gasteiger partial charge in [-0.3, -0.25) is 9.69 Å². The summed E-state index contributed by atoms with van der Waals surface area (Å²) in [5.74, 6) is 1.00. The van der Waals surface area contributed by atoms with Crippen molar-refractivity contribution < 1.29 is 28.5 Å². The van der Waals surface area contributed by atoms with Crippen molar-refractivity contribution in [2.75, 3.05) is 26.9 Å². The number of esters is 1. The first-order valence-electron chi connectivity index (χ1n) is 12.9. The highest BCUT2D eigenvalue weighted by Gasteiger charge is 2.34. The molecule has 0 radical (unpaired) electrons. The Morgan fingerprint density at radius 3 is 2.41 bits per heavy atom. The lowest BCUT2D eigenvalue weighted by Gasteiger charge is -2.13. The van der Waals surface area contributed by atoms with Crippen LogP contribution in [0.15, 0.2) is 83.5 Å². The van der Waals surface area contributed by atoms with Crippen molar-refractivity contribution >= 4 is 29.7 Å². The first-order chi connectivity index (χ1) is 19.0. The van der Waals surface area contributed by atoms with E-state index >= 15 is 0 Å². The van der Waals surface area contributed by atoms with Crippen molar-refractivity contribution in [2.24, 2.45) is 4.99 Å². The van der Waals surface area contributed by atoms with Gasteiger partial charge in [0.15, 0.2) is 5.76 Å². The van der Waals surface area contributed by atoms with Crippen molar-refractivity contribution in [3.05, 3.63) is 95.2 Å². The van der Waals surface area contributed by atoms with Crippen molar-refractivity contribution in [1.29, 1.82) is 0 Å². The second-order valence-electron chi connectivity index (χ2n) is 8.69. The molecule has 0 aromatic heterocycles. The number of nitrogens with zero attached hydrogens (tertiary/aromatic N) is 2. The first-order valence-corrected chi connectivity index (χ1v) is 12.9. The summed E-state index contributed by atoms with van der Waals surface area (Å²) in [4.78, 5) is 31.7. The predicted molar refractivity (Wildman–Crippen MR) is 149 cm³/mol. The maximum absolute atomic E-state index is 13.4. The third-order valence-electron chi connectivity index (χ3n) is 5.97. The summed E-state index contributed by atoms with van der Waals surface area (Å²) in [6.45, 7) is 5.00. The number of carbonyl (C=O) groups is 2. The summed E-state index contributed by atoms with van der Waals surface area (Å²) in [7, 11) is 1.60. The molecular weight excluding hydrogens is 496 g/mol. The molecule has 202 valence electrons. The second kappa shape index (κ2) is 13.3. The van der Waals surface area contributed by atoms with Gasteiger partial charge in [-0.15, -0.1) is 0 Å². The van der Waals surface area contributed by atoms with E-state index in [1.165, 1.54) is 4.90 Å². The van der Waals surface area contributed by atoms with E-state index in [1.54, 1.807) is 44.4 Å². The van der Waals surface area contributed by atoms with Crippen LogP contribution in [0.25, 0.3) is 6.08 Å². The zero-order valence-electron chi connectivity index (χ0n) is 22.4. The highest BCUT2D eigenvalue weighted by Crippen LogP contribution is 2.25. The largest absolute Gasteiger partial charge is 0.497 e. The molecule has 1 heterocycles. The van der Waals surface area contributed by atoms with Crippen molar-refractivity contribution in [2.45, 2.75) is 26.7 Å². The maximum atomic E-state index is 13.4. The second-order valence-corrected chi connectivity index (χ2v) is 8.69. The summed E-state index contributed by atoms with van der Waals surface area (Å²) in [6, 6.07) is 22.2. The van der Waals surface area contributed by atoms with E-state index < -0.39 is 5.97 Å². The normalized spacial score (nSPS) is 14.9. The van der Waals surface area contributed by atoms with Gasteiger partial charge in [0.05, 0.1) is 31.6 Å². The number of carbonyl (C=O) groups excluding carboxylic acids is 2. The number of hydrogen-bond donors (Lipinski definition) is 0. The minimum atomic E-state index is -0.435. The fourth-order valence-corrected chi connectivity index (χ4v) is 4.03. The van der Waals surface area contributed by atoms with Crippen LogP contribution in [-0.4, -0.2) is 49.7 Å². The average Bonchev–Trinajstić information content (AvgIpc) is 3.23. The Balaban J connectivity index is 1.56. The molecular formula is C31H32N2O6. The third kappa shape index (κ3) is 7.25. The fraction of sp³-hybridized carbons (Fsp3) is 0.258. The molecule has 3 aromatic carbocycles. The van der Waals surface area contributed by atoms with Crippen LogP contribution in [-0.2, 0) is 20.7 Å². The molecule has 1 aliphatic heterocycles. The molecule has 1 amide bonds. The lowest BCUT2D eigenvalue weighted by Crippen LogP contribution is -2.31. The minimum absolute atomic E-state index is 0.160. The minimum Gasteiger partial charge on any atom is -0.497 e. The molecule has 0 aliphatic carbocycles. The topological polar surface area (TPSA) is 86.7 Å². The highest BCUT2D eigenvalue weighted by molar-refractivity contribution is 6.11. The Hall–Kier alpha value is -4.59. The Bertz CT molecular complexity index is 1350. The fourth-order valence-electron chi connectivity index (χ4n) is 4.03. The molecule has 1 saturated heterocycles. The standard InChI is InChI=1S/C31H32N2O6/c1-4-37-27-17-11-22(12-18-27)8-7-19-33-29(34)28(20-23-13-15-26(36-3)16-14-23)39-31(33)32-25-10-6-9-24(21-25)30(35)38-5-2/h6,9-18,20-21H,4-5,7-8,19H2,1-3H3/b28-20+,32-31?. The number of ether oxygens (including phenoxy) is 4. The van der Waals surface area contributed by atoms with E-state index in [-0.39, 0.29) is 24.3 Å². The van der Waals surface area contributed by atoms with Gasteiger partial charge in [0.2, 0.25) is 0 Å². The maximum Gasteiger partial charge on any atom is 0.338 e. The van der Waals surface area contributed by atoms with Gasteiger partial charge < -0.3 is 18.9 Å². The van der Waals surface area contributed by atoms with Gasteiger partial charge >= 0.3 is 12.0 Å². The first kappa shape index (κ1) is 27.4. The molecule has 4 rings (SSSR count). The number of aliphatic imine (C=N–C) groups is 1. The van der Waals surface area contributed by atoms with Crippen LogP contribution in [0.5, 0.6) is 11.5 Å². The molecule has 1 aliphatic rings. The number of methoxy groups -OCH3 is 1. The van der Waals surface area contributed by atoms with Crippen LogP contribution in [0.3, 0.4) is 0 Å². The Kier molecular flexibility index (Phi) is 9.34. The van der Waals surface area contributed by atoms with Crippen LogP contribution in [0.4, 0.5) is 5.69 Å². The van der Waals surface area contributed by atoms with Gasteiger partial charge in [0, 0.05) is 6.54 Å². The van der Waals surface area contributed by atoms with Crippen molar-refractivity contribution in [1.82, 2.24) is 4.90 Å². The van der Waals surface area contributed by atoms with Gasteiger partial charge in [0.25, 0.3) is 5.91 Å². The van der Waals surface area contributed by atoms with E-state index in [0.717, 1.165) is 29.0 Å². The zero-order valence-corrected chi connectivity index (χ0v) is 22.4. The Labute approximate surface area is 228 Å². The van der Waals surface area contributed by atoms with Gasteiger partial charge in [-0.1, -0.05) is 30.3 Å². The smallest absolute Gasteiger partial charge is 0.338 e. The summed E-state index contributed by atoms with van der Waals surface area (Å²) in [5, 5.41) is 0. The van der Waals surface area contributed by atoms with Crippen LogP contribution in [0, 0.1) is 0 Å². The van der Waals surface area contributed by atoms with Gasteiger partial charge in [-0.2, -0.15) is 4.99 Å². The summed E-state index contributed by atoms with van der Waals surface area (Å²) in [5.41, 5.74) is 2.78. The SMILES string of the molecule is CCOC(=O)c1cccc(N=C2O/C(=C/c3ccc(OC)cc3)C(=O)N2CCCc2ccc(OCC)cc2)c1. The van der Waals surface area contributed by atoms with Crippen molar-refractivity contribution in [3.63, 3.8) is 0 Å². The molecule has 0 spiro atoms. The van der Waals surface area contributed by atoms with Crippen LogP contribution >= 0.6 is 0 Å². The number of aryl methyl sites for hydroxylation is 1. The summed E-state index contributed by atoms with van der Waals surface area (Å²) < 4.78 is 21.8. The molecule has 0 bridgehead atoms. The number of amidine groups is 1. The van der Waals surface area contributed by atoms with Crippen LogP contribution < -0.4 is 9.47 Å². The van der Waals surface area contributed by atoms with Gasteiger partial charge in [-0.25, -0.2) is 4.79 Å². The van der Waals surface area contributed by atoms with E-state index in [4.69, 9.17) is 18.9 Å². The lowest BCUT2D eigenvalue weighted by atomic mass is 10.1. The average molecular weight is 529 g/mol. The van der Waals surface area contributed by atoms with E-state index in [9.17, 15) is 9.59 Å². The number of rotatable bonds is 11. The van der Waals surface area contributed by atoms with E-state index in [1.807, 2.05) is 55.5 Å².